The highest BCUT2D eigenvalue weighted by molar-refractivity contribution is 7.89. The van der Waals surface area contributed by atoms with Crippen LogP contribution in [0.5, 0.6) is 0 Å². The molecule has 0 amide bonds. The fourth-order valence-corrected chi connectivity index (χ4v) is 3.27. The highest BCUT2D eigenvalue weighted by Gasteiger charge is 2.21. The van der Waals surface area contributed by atoms with E-state index in [0.29, 0.717) is 0 Å². The predicted octanol–water partition coefficient (Wildman–Crippen LogP) is 2.69. The molecular weight excluding hydrogens is 286 g/mol. The quantitative estimate of drug-likeness (QED) is 0.853. The largest absolute Gasteiger partial charge is 0.264 e. The third kappa shape index (κ3) is 4.34. The molecule has 0 radical (unpaired) electrons. The van der Waals surface area contributed by atoms with Crippen LogP contribution in [0, 0.1) is 0 Å². The van der Waals surface area contributed by atoms with Crippen LogP contribution in [0.25, 0.3) is 0 Å². The van der Waals surface area contributed by atoms with Gasteiger partial charge in [-0.05, 0) is 30.2 Å². The first-order valence-electron chi connectivity index (χ1n) is 6.96. The van der Waals surface area contributed by atoms with Gasteiger partial charge < -0.3 is 0 Å². The van der Waals surface area contributed by atoms with Crippen molar-refractivity contribution in [2.24, 2.45) is 0 Å². The van der Waals surface area contributed by atoms with E-state index >= 15 is 0 Å². The van der Waals surface area contributed by atoms with Gasteiger partial charge in [-0.2, -0.15) is 0 Å². The maximum Gasteiger partial charge on any atom is 0.242 e. The summed E-state index contributed by atoms with van der Waals surface area (Å²) in [5.74, 6) is 0. The fourth-order valence-electron chi connectivity index (χ4n) is 2.05. The molecule has 2 heterocycles. The van der Waals surface area contributed by atoms with E-state index in [0.717, 1.165) is 24.8 Å². The van der Waals surface area contributed by atoms with Gasteiger partial charge in [-0.25, -0.2) is 13.1 Å². The molecule has 0 bridgehead atoms. The van der Waals surface area contributed by atoms with Crippen LogP contribution in [0.15, 0.2) is 53.9 Å². The van der Waals surface area contributed by atoms with Gasteiger partial charge in [-0.3, -0.25) is 9.97 Å². The van der Waals surface area contributed by atoms with Crippen LogP contribution in [-0.4, -0.2) is 18.4 Å². The van der Waals surface area contributed by atoms with Crippen molar-refractivity contribution in [1.82, 2.24) is 14.7 Å². The number of rotatable bonds is 7. The molecule has 0 saturated carbocycles. The Bertz CT molecular complexity index is 645. The van der Waals surface area contributed by atoms with E-state index < -0.39 is 10.0 Å². The van der Waals surface area contributed by atoms with Crippen LogP contribution in [-0.2, 0) is 10.0 Å². The number of sulfonamides is 1. The average molecular weight is 305 g/mol. The minimum atomic E-state index is -3.58. The highest BCUT2D eigenvalue weighted by Crippen LogP contribution is 2.21. The van der Waals surface area contributed by atoms with Crippen LogP contribution in [0.2, 0.25) is 0 Å². The number of nitrogens with zero attached hydrogens (tertiary/aromatic N) is 2. The maximum atomic E-state index is 12.4. The first-order chi connectivity index (χ1) is 10.1. The Hall–Kier alpha value is -1.79. The normalized spacial score (nSPS) is 13.0. The van der Waals surface area contributed by atoms with Gasteiger partial charge in [0.05, 0.1) is 0 Å². The highest BCUT2D eigenvalue weighted by atomic mass is 32.2. The number of pyridine rings is 2. The standard InChI is InChI=1S/C15H19N3O2S/c1-2-3-8-15(13-6-4-9-16-11-13)18-21(19,20)14-7-5-10-17-12-14/h4-7,9-12,15,18H,2-3,8H2,1H3/t15-/m0/s1. The summed E-state index contributed by atoms with van der Waals surface area (Å²) in [6.45, 7) is 2.08. The molecule has 0 aliphatic rings. The van der Waals surface area contributed by atoms with Gasteiger partial charge in [0.15, 0.2) is 0 Å². The fraction of sp³-hybridized carbons (Fsp3) is 0.333. The van der Waals surface area contributed by atoms with Crippen LogP contribution in [0.3, 0.4) is 0 Å². The Morgan fingerprint density at radius 3 is 2.43 bits per heavy atom. The third-order valence-electron chi connectivity index (χ3n) is 3.18. The molecule has 0 unspecified atom stereocenters. The molecule has 6 heteroatoms. The molecule has 0 spiro atoms. The lowest BCUT2D eigenvalue weighted by Gasteiger charge is -2.18. The number of hydrogen-bond donors (Lipinski definition) is 1. The van der Waals surface area contributed by atoms with Gasteiger partial charge in [0, 0.05) is 30.8 Å². The molecule has 2 rings (SSSR count). The second-order valence-electron chi connectivity index (χ2n) is 4.79. The summed E-state index contributed by atoms with van der Waals surface area (Å²) in [4.78, 5) is 8.11. The number of unbranched alkanes of at least 4 members (excludes halogenated alkanes) is 1. The van der Waals surface area contributed by atoms with Crippen LogP contribution < -0.4 is 4.72 Å². The van der Waals surface area contributed by atoms with E-state index in [1.807, 2.05) is 12.1 Å². The molecule has 21 heavy (non-hydrogen) atoms. The smallest absolute Gasteiger partial charge is 0.242 e. The Balaban J connectivity index is 2.23. The first kappa shape index (κ1) is 15.6. The van der Waals surface area contributed by atoms with E-state index in [1.54, 1.807) is 24.7 Å². The van der Waals surface area contributed by atoms with Crippen LogP contribution >= 0.6 is 0 Å². The summed E-state index contributed by atoms with van der Waals surface area (Å²) in [6.07, 6.45) is 8.96. The lowest BCUT2D eigenvalue weighted by Crippen LogP contribution is -2.29. The molecule has 0 aliphatic carbocycles. The van der Waals surface area contributed by atoms with Crippen molar-refractivity contribution >= 4 is 10.0 Å². The van der Waals surface area contributed by atoms with Crippen molar-refractivity contribution in [2.75, 3.05) is 0 Å². The van der Waals surface area contributed by atoms with Crippen LogP contribution in [0.1, 0.15) is 37.8 Å². The van der Waals surface area contributed by atoms with E-state index in [1.165, 1.54) is 12.3 Å². The zero-order chi connectivity index (χ0) is 15.1. The van der Waals surface area contributed by atoms with E-state index in [2.05, 4.69) is 21.6 Å². The van der Waals surface area contributed by atoms with E-state index in [9.17, 15) is 8.42 Å². The summed E-state index contributed by atoms with van der Waals surface area (Å²) in [5, 5.41) is 0. The second-order valence-corrected chi connectivity index (χ2v) is 6.51. The van der Waals surface area contributed by atoms with Gasteiger partial charge in [-0.1, -0.05) is 25.8 Å². The molecule has 0 aliphatic heterocycles. The lowest BCUT2D eigenvalue weighted by atomic mass is 10.0. The Morgan fingerprint density at radius 1 is 1.14 bits per heavy atom. The van der Waals surface area contributed by atoms with Gasteiger partial charge in [-0.15, -0.1) is 0 Å². The van der Waals surface area contributed by atoms with Crippen molar-refractivity contribution in [3.63, 3.8) is 0 Å². The first-order valence-corrected chi connectivity index (χ1v) is 8.44. The minimum absolute atomic E-state index is 0.176. The summed E-state index contributed by atoms with van der Waals surface area (Å²) in [7, 11) is -3.58. The zero-order valence-electron chi connectivity index (χ0n) is 11.9. The van der Waals surface area contributed by atoms with Gasteiger partial charge in [0.25, 0.3) is 0 Å². The lowest BCUT2D eigenvalue weighted by molar-refractivity contribution is 0.524. The molecule has 0 fully saturated rings. The minimum Gasteiger partial charge on any atom is -0.264 e. The Labute approximate surface area is 125 Å². The van der Waals surface area contributed by atoms with Crippen LogP contribution in [0.4, 0.5) is 0 Å². The molecule has 1 atom stereocenters. The molecule has 112 valence electrons. The number of aromatic nitrogens is 2. The third-order valence-corrected chi connectivity index (χ3v) is 4.63. The summed E-state index contributed by atoms with van der Waals surface area (Å²) >= 11 is 0. The molecule has 1 N–H and O–H groups in total. The maximum absolute atomic E-state index is 12.4. The van der Waals surface area contributed by atoms with E-state index in [4.69, 9.17) is 0 Å². The van der Waals surface area contributed by atoms with Gasteiger partial charge in [0.2, 0.25) is 10.0 Å². The predicted molar refractivity (Wildman–Crippen MR) is 81.1 cm³/mol. The van der Waals surface area contributed by atoms with Gasteiger partial charge >= 0.3 is 0 Å². The summed E-state index contributed by atoms with van der Waals surface area (Å²) < 4.78 is 27.6. The van der Waals surface area contributed by atoms with Gasteiger partial charge in [0.1, 0.15) is 4.90 Å². The van der Waals surface area contributed by atoms with Crippen molar-refractivity contribution < 1.29 is 8.42 Å². The second kappa shape index (κ2) is 7.28. The summed E-state index contributed by atoms with van der Waals surface area (Å²) in [6, 6.07) is 6.57. The number of nitrogens with one attached hydrogen (secondary N) is 1. The number of hydrogen-bond acceptors (Lipinski definition) is 4. The van der Waals surface area contributed by atoms with Crippen molar-refractivity contribution in [3.8, 4) is 0 Å². The molecule has 5 nitrogen and oxygen atoms in total. The topological polar surface area (TPSA) is 72.0 Å². The van der Waals surface area contributed by atoms with Crippen molar-refractivity contribution in [1.29, 1.82) is 0 Å². The zero-order valence-corrected chi connectivity index (χ0v) is 12.8. The molecular formula is C15H19N3O2S. The van der Waals surface area contributed by atoms with Crippen molar-refractivity contribution in [3.05, 3.63) is 54.6 Å². The SMILES string of the molecule is CCCC[C@H](NS(=O)(=O)c1cccnc1)c1cccnc1. The summed E-state index contributed by atoms with van der Waals surface area (Å²) in [5.41, 5.74) is 0.874. The van der Waals surface area contributed by atoms with Crippen molar-refractivity contribution in [2.45, 2.75) is 37.1 Å². The van der Waals surface area contributed by atoms with E-state index in [-0.39, 0.29) is 10.9 Å². The molecule has 2 aromatic heterocycles. The molecule has 2 aromatic rings. The molecule has 0 aromatic carbocycles. The Morgan fingerprint density at radius 2 is 1.86 bits per heavy atom. The Kier molecular flexibility index (Phi) is 5.41. The molecule has 0 saturated heterocycles. The average Bonchev–Trinajstić information content (AvgIpc) is 2.53. The monoisotopic (exact) mass is 305 g/mol.